The summed E-state index contributed by atoms with van der Waals surface area (Å²) in [5.74, 6) is 0. The van der Waals surface area contributed by atoms with E-state index < -0.39 is 0 Å². The third kappa shape index (κ3) is 3.01. The van der Waals surface area contributed by atoms with Crippen LogP contribution in [0.25, 0.3) is 20.8 Å². The zero-order valence-corrected chi connectivity index (χ0v) is 14.9. The van der Waals surface area contributed by atoms with Crippen LogP contribution in [0.3, 0.4) is 0 Å². The van der Waals surface area contributed by atoms with Crippen molar-refractivity contribution in [1.82, 2.24) is 4.98 Å². The minimum absolute atomic E-state index is 1.02. The molecular weight excluding hydrogens is 344 g/mol. The Morgan fingerprint density at radius 1 is 1.19 bits per heavy atom. The fraction of sp³-hybridized carbons (Fsp3) is 0.294. The number of thiazole rings is 1. The molecule has 0 saturated heterocycles. The molecule has 3 rings (SSSR count). The van der Waals surface area contributed by atoms with Gasteiger partial charge in [0.15, 0.2) is 12.4 Å². The van der Waals surface area contributed by atoms with Gasteiger partial charge in [-0.25, -0.2) is 9.55 Å². The molecular formula is C17H18BrN2S+. The number of pyridine rings is 1. The standard InChI is InChI=1S/C17H18BrN2S/c1-4-5-20-9-13(8-14(18)10-20)17-19-16-12(3)6-11(2)7-15(16)21-17/h6-10H,4-5H2,1-3H3/q+1. The molecule has 3 aromatic rings. The monoisotopic (exact) mass is 361 g/mol. The summed E-state index contributed by atoms with van der Waals surface area (Å²) in [6.07, 6.45) is 5.43. The van der Waals surface area contributed by atoms with Crippen LogP contribution in [0.15, 0.2) is 35.1 Å². The highest BCUT2D eigenvalue weighted by molar-refractivity contribution is 9.10. The Morgan fingerprint density at radius 2 is 2.00 bits per heavy atom. The molecule has 4 heteroatoms. The van der Waals surface area contributed by atoms with Crippen LogP contribution in [0.5, 0.6) is 0 Å². The van der Waals surface area contributed by atoms with Gasteiger partial charge in [0.05, 0.1) is 20.3 Å². The Hall–Kier alpha value is -1.26. The minimum atomic E-state index is 1.02. The highest BCUT2D eigenvalue weighted by Gasteiger charge is 2.13. The summed E-state index contributed by atoms with van der Waals surface area (Å²) in [6, 6.07) is 6.57. The van der Waals surface area contributed by atoms with Gasteiger partial charge in [-0.15, -0.1) is 11.3 Å². The maximum atomic E-state index is 4.85. The van der Waals surface area contributed by atoms with Crippen molar-refractivity contribution in [3.8, 4) is 10.6 Å². The summed E-state index contributed by atoms with van der Waals surface area (Å²) >= 11 is 5.38. The van der Waals surface area contributed by atoms with Gasteiger partial charge in [0.1, 0.15) is 11.6 Å². The molecule has 2 nitrogen and oxygen atoms in total. The van der Waals surface area contributed by atoms with Gasteiger partial charge >= 0.3 is 0 Å². The van der Waals surface area contributed by atoms with Gasteiger partial charge in [0.25, 0.3) is 0 Å². The molecule has 0 aliphatic heterocycles. The van der Waals surface area contributed by atoms with Gasteiger partial charge < -0.3 is 0 Å². The van der Waals surface area contributed by atoms with Crippen LogP contribution in [0.4, 0.5) is 0 Å². The van der Waals surface area contributed by atoms with Crippen LogP contribution in [0, 0.1) is 13.8 Å². The number of rotatable bonds is 3. The second-order valence-corrected chi connectivity index (χ2v) is 7.37. The van der Waals surface area contributed by atoms with Gasteiger partial charge in [-0.1, -0.05) is 13.0 Å². The topological polar surface area (TPSA) is 16.8 Å². The molecule has 0 fully saturated rings. The number of halogens is 1. The molecule has 0 N–H and O–H groups in total. The van der Waals surface area contributed by atoms with Crippen molar-refractivity contribution in [3.05, 3.63) is 46.2 Å². The largest absolute Gasteiger partial charge is 0.236 e. The Balaban J connectivity index is 2.14. The molecule has 2 heterocycles. The Labute approximate surface area is 137 Å². The van der Waals surface area contributed by atoms with E-state index in [2.05, 4.69) is 71.9 Å². The quantitative estimate of drug-likeness (QED) is 0.597. The first-order chi connectivity index (χ1) is 10.1. The van der Waals surface area contributed by atoms with E-state index in [0.29, 0.717) is 0 Å². The van der Waals surface area contributed by atoms with E-state index in [9.17, 15) is 0 Å². The first kappa shape index (κ1) is 14.7. The Kier molecular flexibility index (Phi) is 4.09. The van der Waals surface area contributed by atoms with Crippen LogP contribution < -0.4 is 4.57 Å². The van der Waals surface area contributed by atoms with E-state index in [0.717, 1.165) is 28.0 Å². The molecule has 108 valence electrons. The normalized spacial score (nSPS) is 11.2. The van der Waals surface area contributed by atoms with Gasteiger partial charge in [-0.3, -0.25) is 0 Å². The van der Waals surface area contributed by atoms with Crippen LogP contribution in [-0.2, 0) is 6.54 Å². The first-order valence-corrected chi connectivity index (χ1v) is 8.75. The van der Waals surface area contributed by atoms with Crippen LogP contribution in [0.2, 0.25) is 0 Å². The molecule has 1 aromatic carbocycles. The Bertz CT molecular complexity index is 808. The maximum Gasteiger partial charge on any atom is 0.183 e. The SMILES string of the molecule is CCC[n+]1cc(Br)cc(-c2nc3c(C)cc(C)cc3s2)c1. The number of nitrogens with zero attached hydrogens (tertiary/aromatic N) is 2. The minimum Gasteiger partial charge on any atom is -0.236 e. The van der Waals surface area contributed by atoms with Crippen LogP contribution >= 0.6 is 27.3 Å². The molecule has 0 atom stereocenters. The summed E-state index contributed by atoms with van der Waals surface area (Å²) in [5.41, 5.74) is 4.85. The molecule has 0 unspecified atom stereocenters. The lowest BCUT2D eigenvalue weighted by Gasteiger charge is -1.99. The van der Waals surface area contributed by atoms with Crippen LogP contribution in [-0.4, -0.2) is 4.98 Å². The first-order valence-electron chi connectivity index (χ1n) is 7.14. The number of hydrogen-bond acceptors (Lipinski definition) is 2. The summed E-state index contributed by atoms with van der Waals surface area (Å²) in [5, 5.41) is 1.09. The predicted octanol–water partition coefficient (Wildman–Crippen LogP) is 5.04. The second-order valence-electron chi connectivity index (χ2n) is 5.43. The van der Waals surface area contributed by atoms with Crippen molar-refractivity contribution in [2.75, 3.05) is 0 Å². The van der Waals surface area contributed by atoms with Crippen molar-refractivity contribution in [2.24, 2.45) is 0 Å². The highest BCUT2D eigenvalue weighted by Crippen LogP contribution is 2.32. The highest BCUT2D eigenvalue weighted by atomic mass is 79.9. The molecule has 0 bridgehead atoms. The summed E-state index contributed by atoms with van der Waals surface area (Å²) in [7, 11) is 0. The lowest BCUT2D eigenvalue weighted by Crippen LogP contribution is -2.32. The predicted molar refractivity (Wildman–Crippen MR) is 92.7 cm³/mol. The summed E-state index contributed by atoms with van der Waals surface area (Å²) in [6.45, 7) is 7.49. The van der Waals surface area contributed by atoms with Crippen molar-refractivity contribution >= 4 is 37.5 Å². The van der Waals surface area contributed by atoms with Crippen molar-refractivity contribution < 1.29 is 4.57 Å². The lowest BCUT2D eigenvalue weighted by molar-refractivity contribution is -0.697. The maximum absolute atomic E-state index is 4.85. The van der Waals surface area contributed by atoms with Gasteiger partial charge in [0, 0.05) is 6.42 Å². The summed E-state index contributed by atoms with van der Waals surface area (Å²) < 4.78 is 4.59. The van der Waals surface area contributed by atoms with E-state index in [1.165, 1.54) is 21.4 Å². The zero-order valence-electron chi connectivity index (χ0n) is 12.5. The number of fused-ring (bicyclic) bond motifs is 1. The average Bonchev–Trinajstić information content (AvgIpc) is 2.82. The molecule has 0 aliphatic carbocycles. The third-order valence-corrected chi connectivity index (χ3v) is 4.93. The number of aryl methyl sites for hydroxylation is 3. The fourth-order valence-electron chi connectivity index (χ4n) is 2.60. The van der Waals surface area contributed by atoms with E-state index in [1.54, 1.807) is 11.3 Å². The number of aromatic nitrogens is 2. The van der Waals surface area contributed by atoms with Gasteiger partial charge in [-0.2, -0.15) is 0 Å². The van der Waals surface area contributed by atoms with E-state index in [1.807, 2.05) is 0 Å². The molecule has 21 heavy (non-hydrogen) atoms. The van der Waals surface area contributed by atoms with E-state index >= 15 is 0 Å². The van der Waals surface area contributed by atoms with Gasteiger partial charge in [-0.05, 0) is 53.0 Å². The Morgan fingerprint density at radius 3 is 2.76 bits per heavy atom. The fourth-order valence-corrected chi connectivity index (χ4v) is 4.23. The molecule has 0 saturated carbocycles. The average molecular weight is 362 g/mol. The van der Waals surface area contributed by atoms with Crippen molar-refractivity contribution in [2.45, 2.75) is 33.7 Å². The van der Waals surface area contributed by atoms with E-state index in [4.69, 9.17) is 4.98 Å². The zero-order chi connectivity index (χ0) is 15.0. The lowest BCUT2D eigenvalue weighted by atomic mass is 10.1. The molecule has 2 aromatic heterocycles. The smallest absolute Gasteiger partial charge is 0.183 e. The number of benzene rings is 1. The van der Waals surface area contributed by atoms with Gasteiger partial charge in [0.2, 0.25) is 0 Å². The van der Waals surface area contributed by atoms with Crippen molar-refractivity contribution in [1.29, 1.82) is 0 Å². The molecule has 0 amide bonds. The molecule has 0 aliphatic rings. The van der Waals surface area contributed by atoms with E-state index in [-0.39, 0.29) is 0 Å². The van der Waals surface area contributed by atoms with Crippen LogP contribution in [0.1, 0.15) is 24.5 Å². The third-order valence-electron chi connectivity index (χ3n) is 3.45. The van der Waals surface area contributed by atoms with Crippen molar-refractivity contribution in [3.63, 3.8) is 0 Å². The molecule has 0 spiro atoms. The summed E-state index contributed by atoms with van der Waals surface area (Å²) in [4.78, 5) is 4.85. The second kappa shape index (κ2) is 5.85. The number of hydrogen-bond donors (Lipinski definition) is 0. The molecule has 0 radical (unpaired) electrons.